The third-order valence-corrected chi connectivity index (χ3v) is 2.93. The van der Waals surface area contributed by atoms with Crippen LogP contribution in [0.25, 0.3) is 10.2 Å². The highest BCUT2D eigenvalue weighted by Gasteiger charge is 2.07. The number of hydrogen-bond donors (Lipinski definition) is 1. The largest absolute Gasteiger partial charge is 0.478 e. The number of carbonyl (C=O) groups is 1. The third kappa shape index (κ3) is 1.80. The molecule has 2 aromatic rings. The number of hydrogen-bond acceptors (Lipinski definition) is 4. The Hall–Kier alpha value is -1.93. The van der Waals surface area contributed by atoms with Crippen LogP contribution in [0.5, 0.6) is 0 Å². The summed E-state index contributed by atoms with van der Waals surface area (Å²) in [6.07, 6.45) is 0.266. The first-order valence-electron chi connectivity index (χ1n) is 4.20. The second-order valence-electron chi connectivity index (χ2n) is 2.93. The number of aromatic carboxylic acids is 1. The predicted molar refractivity (Wildman–Crippen MR) is 55.9 cm³/mol. The lowest BCUT2D eigenvalue weighted by atomic mass is 10.2. The van der Waals surface area contributed by atoms with E-state index in [0.29, 0.717) is 0 Å². The van der Waals surface area contributed by atoms with Gasteiger partial charge in [0.2, 0.25) is 0 Å². The number of fused-ring (bicyclic) bond motifs is 1. The molecule has 0 aliphatic heterocycles. The van der Waals surface area contributed by atoms with Gasteiger partial charge in [0.15, 0.2) is 0 Å². The van der Waals surface area contributed by atoms with Crippen molar-refractivity contribution < 1.29 is 9.90 Å². The molecule has 5 heteroatoms. The lowest BCUT2D eigenvalue weighted by molar-refractivity contribution is 0.0697. The van der Waals surface area contributed by atoms with E-state index in [1.807, 2.05) is 6.07 Å². The van der Waals surface area contributed by atoms with Crippen molar-refractivity contribution >= 4 is 27.5 Å². The topological polar surface area (TPSA) is 74.0 Å². The molecule has 0 fully saturated rings. The normalized spacial score (nSPS) is 10.1. The monoisotopic (exact) mass is 218 g/mol. The van der Waals surface area contributed by atoms with Crippen LogP contribution >= 0.6 is 11.3 Å². The first kappa shape index (κ1) is 9.62. The highest BCUT2D eigenvalue weighted by atomic mass is 32.1. The van der Waals surface area contributed by atoms with E-state index < -0.39 is 5.97 Å². The van der Waals surface area contributed by atoms with Gasteiger partial charge in [-0.05, 0) is 18.2 Å². The molecule has 4 nitrogen and oxygen atoms in total. The van der Waals surface area contributed by atoms with Crippen LogP contribution in [0.15, 0.2) is 18.2 Å². The van der Waals surface area contributed by atoms with Gasteiger partial charge < -0.3 is 5.11 Å². The Labute approximate surface area is 89.4 Å². The molecule has 0 amide bonds. The van der Waals surface area contributed by atoms with E-state index in [-0.39, 0.29) is 12.0 Å². The Morgan fingerprint density at radius 1 is 1.60 bits per heavy atom. The molecule has 0 aliphatic rings. The average molecular weight is 218 g/mol. The van der Waals surface area contributed by atoms with Crippen molar-refractivity contribution in [1.29, 1.82) is 5.26 Å². The Balaban J connectivity index is 2.53. The first-order chi connectivity index (χ1) is 7.20. The van der Waals surface area contributed by atoms with Crippen molar-refractivity contribution in [2.24, 2.45) is 0 Å². The van der Waals surface area contributed by atoms with Crippen molar-refractivity contribution in [3.8, 4) is 6.07 Å². The number of nitriles is 1. The van der Waals surface area contributed by atoms with Gasteiger partial charge in [-0.25, -0.2) is 9.78 Å². The zero-order valence-corrected chi connectivity index (χ0v) is 8.41. The van der Waals surface area contributed by atoms with Crippen molar-refractivity contribution in [2.45, 2.75) is 6.42 Å². The molecule has 1 aromatic carbocycles. The summed E-state index contributed by atoms with van der Waals surface area (Å²) in [7, 11) is 0. The fourth-order valence-electron chi connectivity index (χ4n) is 1.25. The van der Waals surface area contributed by atoms with Gasteiger partial charge in [0.25, 0.3) is 0 Å². The maximum atomic E-state index is 10.7. The molecule has 0 radical (unpaired) electrons. The molecule has 0 saturated heterocycles. The van der Waals surface area contributed by atoms with Crippen molar-refractivity contribution in [2.75, 3.05) is 0 Å². The molecule has 15 heavy (non-hydrogen) atoms. The van der Waals surface area contributed by atoms with Crippen LogP contribution in [0, 0.1) is 11.3 Å². The Bertz CT molecular complexity index is 568. The van der Waals surface area contributed by atoms with Gasteiger partial charge in [-0.15, -0.1) is 11.3 Å². The minimum Gasteiger partial charge on any atom is -0.478 e. The van der Waals surface area contributed by atoms with E-state index in [1.54, 1.807) is 12.1 Å². The molecule has 1 heterocycles. The van der Waals surface area contributed by atoms with Crippen molar-refractivity contribution in [3.05, 3.63) is 28.8 Å². The lowest BCUT2D eigenvalue weighted by Gasteiger charge is -1.91. The van der Waals surface area contributed by atoms with Gasteiger partial charge >= 0.3 is 5.97 Å². The Morgan fingerprint density at radius 3 is 3.07 bits per heavy atom. The number of aromatic nitrogens is 1. The maximum Gasteiger partial charge on any atom is 0.335 e. The molecule has 0 saturated carbocycles. The zero-order chi connectivity index (χ0) is 10.8. The summed E-state index contributed by atoms with van der Waals surface area (Å²) in [5, 5.41) is 18.0. The summed E-state index contributed by atoms with van der Waals surface area (Å²) in [6, 6.07) is 6.77. The standard InChI is InChI=1S/C10H6N2O2S/c11-4-3-9-12-7-2-1-6(10(13)14)5-8(7)15-9/h1-2,5H,3H2,(H,13,14). The molecular weight excluding hydrogens is 212 g/mol. The smallest absolute Gasteiger partial charge is 0.335 e. The van der Waals surface area contributed by atoms with E-state index in [0.717, 1.165) is 15.2 Å². The Morgan fingerprint density at radius 2 is 2.40 bits per heavy atom. The number of nitrogens with zero attached hydrogens (tertiary/aromatic N) is 2. The fraction of sp³-hybridized carbons (Fsp3) is 0.100. The van der Waals surface area contributed by atoms with Gasteiger partial charge in [-0.3, -0.25) is 0 Å². The van der Waals surface area contributed by atoms with E-state index in [9.17, 15) is 4.79 Å². The number of thiazole rings is 1. The first-order valence-corrected chi connectivity index (χ1v) is 5.02. The van der Waals surface area contributed by atoms with Crippen LogP contribution in [-0.2, 0) is 6.42 Å². The highest BCUT2D eigenvalue weighted by molar-refractivity contribution is 7.18. The van der Waals surface area contributed by atoms with E-state index in [2.05, 4.69) is 4.98 Å². The minimum absolute atomic E-state index is 0.245. The number of carboxylic acids is 1. The Kier molecular flexibility index (Phi) is 2.35. The third-order valence-electron chi connectivity index (χ3n) is 1.91. The number of benzene rings is 1. The predicted octanol–water partition coefficient (Wildman–Crippen LogP) is 2.06. The van der Waals surface area contributed by atoms with Crippen LogP contribution in [0.4, 0.5) is 0 Å². The van der Waals surface area contributed by atoms with Gasteiger partial charge in [-0.2, -0.15) is 5.26 Å². The van der Waals surface area contributed by atoms with Crippen LogP contribution < -0.4 is 0 Å². The number of carboxylic acid groups (broad SMARTS) is 1. The summed E-state index contributed by atoms with van der Waals surface area (Å²) < 4.78 is 0.806. The van der Waals surface area contributed by atoms with E-state index in [1.165, 1.54) is 17.4 Å². The quantitative estimate of drug-likeness (QED) is 0.837. The van der Waals surface area contributed by atoms with Crippen molar-refractivity contribution in [1.82, 2.24) is 4.98 Å². The van der Waals surface area contributed by atoms with E-state index >= 15 is 0 Å². The molecule has 0 unspecified atom stereocenters. The molecule has 0 aliphatic carbocycles. The van der Waals surface area contributed by atoms with Gasteiger partial charge in [-0.1, -0.05) is 0 Å². The van der Waals surface area contributed by atoms with Crippen molar-refractivity contribution in [3.63, 3.8) is 0 Å². The summed E-state index contributed by atoms with van der Waals surface area (Å²) >= 11 is 1.36. The van der Waals surface area contributed by atoms with Gasteiger partial charge in [0, 0.05) is 0 Å². The van der Waals surface area contributed by atoms with E-state index in [4.69, 9.17) is 10.4 Å². The van der Waals surface area contributed by atoms with Crippen LogP contribution in [-0.4, -0.2) is 16.1 Å². The second-order valence-corrected chi connectivity index (χ2v) is 4.05. The highest BCUT2D eigenvalue weighted by Crippen LogP contribution is 2.23. The molecule has 1 N–H and O–H groups in total. The second kappa shape index (κ2) is 3.67. The molecule has 74 valence electrons. The van der Waals surface area contributed by atoms with Crippen LogP contribution in [0.3, 0.4) is 0 Å². The summed E-state index contributed by atoms with van der Waals surface area (Å²) in [5.41, 5.74) is 0.991. The SMILES string of the molecule is N#CCc1nc2ccc(C(=O)O)cc2s1. The summed E-state index contributed by atoms with van der Waals surface area (Å²) in [5.74, 6) is -0.952. The molecule has 0 atom stereocenters. The molecular formula is C10H6N2O2S. The summed E-state index contributed by atoms with van der Waals surface area (Å²) in [6.45, 7) is 0. The van der Waals surface area contributed by atoms with Crippen LogP contribution in [0.2, 0.25) is 0 Å². The minimum atomic E-state index is -0.952. The fourth-order valence-corrected chi connectivity index (χ4v) is 2.19. The zero-order valence-electron chi connectivity index (χ0n) is 7.60. The van der Waals surface area contributed by atoms with Crippen LogP contribution in [0.1, 0.15) is 15.4 Å². The van der Waals surface area contributed by atoms with Gasteiger partial charge in [0.05, 0.1) is 28.3 Å². The maximum absolute atomic E-state index is 10.7. The molecule has 1 aromatic heterocycles. The van der Waals surface area contributed by atoms with Gasteiger partial charge in [0.1, 0.15) is 5.01 Å². The summed E-state index contributed by atoms with van der Waals surface area (Å²) in [4.78, 5) is 14.9. The molecule has 0 bridgehead atoms. The molecule has 0 spiro atoms. The lowest BCUT2D eigenvalue weighted by Crippen LogP contribution is -1.94. The number of rotatable bonds is 2. The average Bonchev–Trinajstić information content (AvgIpc) is 2.59. The molecule has 2 rings (SSSR count).